The summed E-state index contributed by atoms with van der Waals surface area (Å²) in [4.78, 5) is 4.50. The van der Waals surface area contributed by atoms with Crippen molar-refractivity contribution in [3.05, 3.63) is 16.1 Å². The van der Waals surface area contributed by atoms with Crippen molar-refractivity contribution in [2.45, 2.75) is 32.4 Å². The molecular weight excluding hydrogens is 212 g/mol. The van der Waals surface area contributed by atoms with Crippen molar-refractivity contribution in [3.63, 3.8) is 0 Å². The van der Waals surface area contributed by atoms with E-state index in [4.69, 9.17) is 0 Å². The zero-order valence-corrected chi connectivity index (χ0v) is 10.3. The van der Waals surface area contributed by atoms with Crippen LogP contribution in [0, 0.1) is 6.92 Å². The molecule has 2 atom stereocenters. The first-order valence-corrected chi connectivity index (χ1v) is 7.05. The van der Waals surface area contributed by atoms with Gasteiger partial charge in [-0.1, -0.05) is 0 Å². The van der Waals surface area contributed by atoms with Gasteiger partial charge in [-0.25, -0.2) is 4.98 Å². The summed E-state index contributed by atoms with van der Waals surface area (Å²) in [7, 11) is 0. The lowest BCUT2D eigenvalue weighted by atomic mass is 10.2. The summed E-state index contributed by atoms with van der Waals surface area (Å²) >= 11 is 3.78. The van der Waals surface area contributed by atoms with Crippen molar-refractivity contribution in [3.8, 4) is 0 Å². The minimum Gasteiger partial charge on any atom is -0.305 e. The Morgan fingerprint density at radius 1 is 1.64 bits per heavy atom. The second kappa shape index (κ2) is 4.64. The molecule has 0 spiro atoms. The third-order valence-corrected chi connectivity index (χ3v) is 4.45. The van der Waals surface area contributed by atoms with Crippen molar-refractivity contribution in [1.82, 2.24) is 10.3 Å². The maximum absolute atomic E-state index is 4.50. The number of hydrogen-bond acceptors (Lipinski definition) is 4. The van der Waals surface area contributed by atoms with Crippen LogP contribution in [0.2, 0.25) is 0 Å². The fourth-order valence-electron chi connectivity index (χ4n) is 1.68. The summed E-state index contributed by atoms with van der Waals surface area (Å²) in [5.41, 5.74) is 1.20. The van der Waals surface area contributed by atoms with Gasteiger partial charge in [0.2, 0.25) is 0 Å². The van der Waals surface area contributed by atoms with Crippen molar-refractivity contribution < 1.29 is 0 Å². The molecule has 0 saturated carbocycles. The molecule has 1 aromatic rings. The molecule has 1 aliphatic heterocycles. The summed E-state index contributed by atoms with van der Waals surface area (Å²) in [6, 6.07) is 1.10. The maximum Gasteiger partial charge on any atom is 0.0898 e. The zero-order chi connectivity index (χ0) is 9.97. The zero-order valence-electron chi connectivity index (χ0n) is 8.62. The van der Waals surface area contributed by atoms with E-state index in [0.29, 0.717) is 12.1 Å². The monoisotopic (exact) mass is 228 g/mol. The molecule has 1 aliphatic rings. The molecule has 1 saturated heterocycles. The quantitative estimate of drug-likeness (QED) is 0.861. The highest BCUT2D eigenvalue weighted by Gasteiger charge is 2.18. The molecule has 0 aliphatic carbocycles. The molecule has 1 fully saturated rings. The molecule has 2 heterocycles. The topological polar surface area (TPSA) is 24.9 Å². The van der Waals surface area contributed by atoms with Crippen LogP contribution in [-0.4, -0.2) is 22.5 Å². The molecule has 4 heteroatoms. The Hall–Kier alpha value is -0.0600. The average Bonchev–Trinajstić information content (AvgIpc) is 2.75. The molecule has 0 amide bonds. The minimum absolute atomic E-state index is 0.406. The number of aryl methyl sites for hydroxylation is 1. The third-order valence-electron chi connectivity index (χ3n) is 2.50. The second-order valence-corrected chi connectivity index (χ2v) is 5.95. The van der Waals surface area contributed by atoms with Gasteiger partial charge in [0, 0.05) is 23.2 Å². The largest absolute Gasteiger partial charge is 0.305 e. The van der Waals surface area contributed by atoms with E-state index in [1.54, 1.807) is 11.3 Å². The van der Waals surface area contributed by atoms with Gasteiger partial charge in [0.15, 0.2) is 0 Å². The van der Waals surface area contributed by atoms with Crippen LogP contribution in [0.4, 0.5) is 0 Å². The van der Waals surface area contributed by atoms with Crippen LogP contribution in [0.5, 0.6) is 0 Å². The van der Waals surface area contributed by atoms with Gasteiger partial charge in [0.25, 0.3) is 0 Å². The molecule has 2 nitrogen and oxygen atoms in total. The maximum atomic E-state index is 4.50. The van der Waals surface area contributed by atoms with E-state index in [9.17, 15) is 0 Å². The van der Waals surface area contributed by atoms with Crippen LogP contribution in [0.25, 0.3) is 0 Å². The number of nitrogens with zero attached hydrogens (tertiary/aromatic N) is 1. The van der Waals surface area contributed by atoms with Crippen LogP contribution in [0.3, 0.4) is 0 Å². The second-order valence-electron chi connectivity index (χ2n) is 3.74. The van der Waals surface area contributed by atoms with E-state index in [-0.39, 0.29) is 0 Å². The number of thiazole rings is 1. The lowest BCUT2D eigenvalue weighted by molar-refractivity contribution is 0.479. The van der Waals surface area contributed by atoms with Crippen LogP contribution in [0.1, 0.15) is 30.1 Å². The molecule has 0 aromatic carbocycles. The van der Waals surface area contributed by atoms with E-state index in [2.05, 4.69) is 29.5 Å². The first-order chi connectivity index (χ1) is 6.75. The van der Waals surface area contributed by atoms with Gasteiger partial charge in [-0.15, -0.1) is 11.3 Å². The molecular formula is C10H16N2S2. The van der Waals surface area contributed by atoms with E-state index < -0.39 is 0 Å². The molecule has 78 valence electrons. The first kappa shape index (κ1) is 10.5. The molecule has 0 radical (unpaired) electrons. The Bertz CT molecular complexity index is 292. The number of nitrogens with one attached hydrogen (secondary N) is 1. The predicted molar refractivity (Wildman–Crippen MR) is 64.1 cm³/mol. The Labute approximate surface area is 93.5 Å². The summed E-state index contributed by atoms with van der Waals surface area (Å²) in [5.74, 6) is 2.56. The van der Waals surface area contributed by atoms with Crippen molar-refractivity contribution >= 4 is 23.1 Å². The summed E-state index contributed by atoms with van der Waals surface area (Å²) < 4.78 is 0. The van der Waals surface area contributed by atoms with Crippen LogP contribution < -0.4 is 5.32 Å². The highest BCUT2D eigenvalue weighted by Crippen LogP contribution is 2.21. The number of rotatable bonds is 3. The SMILES string of the molecule is Cc1nc(C(C)NC2CCSC2)cs1. The Balaban J connectivity index is 1.91. The Kier molecular flexibility index (Phi) is 3.47. The predicted octanol–water partition coefficient (Wildman–Crippen LogP) is 2.61. The smallest absolute Gasteiger partial charge is 0.0898 e. The highest BCUT2D eigenvalue weighted by atomic mass is 32.2. The molecule has 2 unspecified atom stereocenters. The summed E-state index contributed by atoms with van der Waals surface area (Å²) in [5, 5.41) is 6.96. The van der Waals surface area contributed by atoms with Crippen LogP contribution in [0.15, 0.2) is 5.38 Å². The van der Waals surface area contributed by atoms with Gasteiger partial charge in [0.05, 0.1) is 10.7 Å². The van der Waals surface area contributed by atoms with Crippen molar-refractivity contribution in [2.24, 2.45) is 0 Å². The van der Waals surface area contributed by atoms with Gasteiger partial charge < -0.3 is 5.32 Å². The first-order valence-electron chi connectivity index (χ1n) is 5.01. The van der Waals surface area contributed by atoms with Gasteiger partial charge in [-0.05, 0) is 26.0 Å². The fraction of sp³-hybridized carbons (Fsp3) is 0.700. The highest BCUT2D eigenvalue weighted by molar-refractivity contribution is 7.99. The third kappa shape index (κ3) is 2.49. The number of hydrogen-bond donors (Lipinski definition) is 1. The lowest BCUT2D eigenvalue weighted by Gasteiger charge is -2.16. The fourth-order valence-corrected chi connectivity index (χ4v) is 3.56. The molecule has 1 aromatic heterocycles. The summed E-state index contributed by atoms with van der Waals surface area (Å²) in [6.07, 6.45) is 1.30. The minimum atomic E-state index is 0.406. The molecule has 14 heavy (non-hydrogen) atoms. The number of aromatic nitrogens is 1. The average molecular weight is 228 g/mol. The van der Waals surface area contributed by atoms with Gasteiger partial charge >= 0.3 is 0 Å². The Morgan fingerprint density at radius 3 is 3.07 bits per heavy atom. The summed E-state index contributed by atoms with van der Waals surface area (Å²) in [6.45, 7) is 4.27. The van der Waals surface area contributed by atoms with E-state index in [0.717, 1.165) is 5.01 Å². The normalized spacial score (nSPS) is 24.0. The molecule has 2 rings (SSSR count). The van der Waals surface area contributed by atoms with Gasteiger partial charge in [-0.3, -0.25) is 0 Å². The standard InChI is InChI=1S/C10H16N2S2/c1-7(10-6-14-8(2)12-10)11-9-3-4-13-5-9/h6-7,9,11H,3-5H2,1-2H3. The number of thioether (sulfide) groups is 1. The molecule has 0 bridgehead atoms. The van der Waals surface area contributed by atoms with Crippen LogP contribution >= 0.6 is 23.1 Å². The Morgan fingerprint density at radius 2 is 2.50 bits per heavy atom. The molecule has 1 N–H and O–H groups in total. The van der Waals surface area contributed by atoms with E-state index in [1.165, 1.54) is 23.6 Å². The van der Waals surface area contributed by atoms with E-state index >= 15 is 0 Å². The van der Waals surface area contributed by atoms with Crippen molar-refractivity contribution in [1.29, 1.82) is 0 Å². The van der Waals surface area contributed by atoms with Gasteiger partial charge in [-0.2, -0.15) is 11.8 Å². The lowest BCUT2D eigenvalue weighted by Crippen LogP contribution is -2.31. The van der Waals surface area contributed by atoms with Crippen molar-refractivity contribution in [2.75, 3.05) is 11.5 Å². The van der Waals surface area contributed by atoms with Crippen LogP contribution in [-0.2, 0) is 0 Å². The van der Waals surface area contributed by atoms with E-state index in [1.807, 2.05) is 11.8 Å². The van der Waals surface area contributed by atoms with Gasteiger partial charge in [0.1, 0.15) is 0 Å².